The Morgan fingerprint density at radius 2 is 1.49 bits per heavy atom. The van der Waals surface area contributed by atoms with Crippen molar-refractivity contribution in [3.63, 3.8) is 0 Å². The van der Waals surface area contributed by atoms with E-state index >= 15 is 0 Å². The molecule has 0 bridgehead atoms. The Hall–Kier alpha value is -4.23. The molecule has 0 aromatic heterocycles. The highest BCUT2D eigenvalue weighted by molar-refractivity contribution is 6.42. The Balaban J connectivity index is 1.77. The number of fused-ring (bicyclic) bond motifs is 1. The van der Waals surface area contributed by atoms with Gasteiger partial charge < -0.3 is 4.74 Å². The van der Waals surface area contributed by atoms with Crippen LogP contribution >= 0.6 is 11.6 Å². The van der Waals surface area contributed by atoms with Crippen molar-refractivity contribution in [1.82, 2.24) is 4.90 Å². The third-order valence-electron chi connectivity index (χ3n) is 6.02. The third-order valence-corrected chi connectivity index (χ3v) is 6.27. The summed E-state index contributed by atoms with van der Waals surface area (Å²) in [6.07, 6.45) is 0. The number of Topliss-reactive ketones (excluding diaryl/α,β-unsaturated/α-hetero) is 1. The normalized spacial score (nSPS) is 18.9. The number of ketones is 1. The summed E-state index contributed by atoms with van der Waals surface area (Å²) in [6.45, 7) is 1.60. The molecule has 1 unspecified atom stereocenters. The van der Waals surface area contributed by atoms with E-state index in [-0.39, 0.29) is 29.1 Å². The van der Waals surface area contributed by atoms with Gasteiger partial charge in [-0.1, -0.05) is 60.1 Å². The smallest absolute Gasteiger partial charge is 0.347 e. The summed E-state index contributed by atoms with van der Waals surface area (Å²) in [7, 11) is 0. The number of anilines is 1. The number of hydrogen-bond donors (Lipinski definition) is 0. The molecule has 35 heavy (non-hydrogen) atoms. The van der Waals surface area contributed by atoms with E-state index in [1.807, 2.05) is 0 Å². The van der Waals surface area contributed by atoms with E-state index in [9.17, 15) is 19.2 Å². The minimum Gasteiger partial charge on any atom is -0.464 e. The van der Waals surface area contributed by atoms with Crippen molar-refractivity contribution in [2.24, 2.45) is 0 Å². The monoisotopic (exact) mass is 486 g/mol. The van der Waals surface area contributed by atoms with E-state index in [4.69, 9.17) is 16.3 Å². The van der Waals surface area contributed by atoms with E-state index in [1.54, 1.807) is 79.7 Å². The van der Waals surface area contributed by atoms with Crippen molar-refractivity contribution >= 4 is 46.6 Å². The zero-order valence-electron chi connectivity index (χ0n) is 18.6. The lowest BCUT2D eigenvalue weighted by Gasteiger charge is -2.45. The molecule has 8 heteroatoms. The number of ether oxygens (including phenoxy) is 1. The van der Waals surface area contributed by atoms with Gasteiger partial charge in [-0.3, -0.25) is 14.5 Å². The molecule has 0 radical (unpaired) electrons. The SMILES string of the molecule is CCOC(=O)C12C(=O)N(c3ccccc3)C(=O)N1C(C(=O)c1ccc(Cl)cc1)=C2c1ccccc1. The first kappa shape index (κ1) is 22.6. The molecule has 1 fully saturated rings. The summed E-state index contributed by atoms with van der Waals surface area (Å²) in [4.78, 5) is 56.7. The second-order valence-corrected chi connectivity index (χ2v) is 8.39. The number of para-hydroxylation sites is 1. The van der Waals surface area contributed by atoms with Crippen LogP contribution in [0.25, 0.3) is 5.57 Å². The van der Waals surface area contributed by atoms with Gasteiger partial charge in [0.15, 0.2) is 0 Å². The number of benzene rings is 3. The lowest BCUT2D eigenvalue weighted by Crippen LogP contribution is -2.65. The molecule has 3 amide bonds. The molecule has 2 aliphatic rings. The summed E-state index contributed by atoms with van der Waals surface area (Å²) in [5, 5.41) is 0.441. The lowest BCUT2D eigenvalue weighted by atomic mass is 9.73. The van der Waals surface area contributed by atoms with E-state index in [0.29, 0.717) is 10.6 Å². The van der Waals surface area contributed by atoms with E-state index in [2.05, 4.69) is 0 Å². The topological polar surface area (TPSA) is 84.0 Å². The molecule has 5 rings (SSSR count). The second kappa shape index (κ2) is 8.52. The number of rotatable bonds is 6. The Labute approximate surface area is 206 Å². The second-order valence-electron chi connectivity index (χ2n) is 7.95. The molecule has 174 valence electrons. The van der Waals surface area contributed by atoms with Gasteiger partial charge in [0.1, 0.15) is 5.70 Å². The van der Waals surface area contributed by atoms with E-state index < -0.39 is 29.2 Å². The van der Waals surface area contributed by atoms with Crippen LogP contribution in [0.2, 0.25) is 5.02 Å². The Kier molecular flexibility index (Phi) is 5.49. The van der Waals surface area contributed by atoms with Crippen molar-refractivity contribution in [2.75, 3.05) is 11.5 Å². The molecule has 0 N–H and O–H groups in total. The first-order valence-electron chi connectivity index (χ1n) is 10.9. The van der Waals surface area contributed by atoms with Gasteiger partial charge >= 0.3 is 12.0 Å². The number of hydrogen-bond acceptors (Lipinski definition) is 5. The number of carbonyl (C=O) groups excluding carboxylic acids is 4. The van der Waals surface area contributed by atoms with Crippen LogP contribution in [0.1, 0.15) is 22.8 Å². The number of allylic oxidation sites excluding steroid dienone is 1. The number of nitrogens with zero attached hydrogens (tertiary/aromatic N) is 2. The standard InChI is InChI=1S/C27H19ClN2O5/c1-2-35-25(33)27-21(17-9-5-3-6-10-17)22(23(31)18-13-15-19(28)16-14-18)30(27)26(34)29(24(27)32)20-11-7-4-8-12-20/h3-16H,2H2,1H3. The van der Waals surface area contributed by atoms with Gasteiger partial charge in [-0.25, -0.2) is 14.5 Å². The maximum absolute atomic E-state index is 13.9. The van der Waals surface area contributed by atoms with E-state index in [0.717, 1.165) is 9.80 Å². The van der Waals surface area contributed by atoms with Crippen LogP contribution in [0.3, 0.4) is 0 Å². The fourth-order valence-corrected chi connectivity index (χ4v) is 4.65. The highest BCUT2D eigenvalue weighted by atomic mass is 35.5. The van der Waals surface area contributed by atoms with Crippen LogP contribution in [0, 0.1) is 0 Å². The minimum atomic E-state index is -2.11. The molecule has 1 atom stereocenters. The number of imide groups is 1. The molecule has 3 aromatic carbocycles. The average molecular weight is 487 g/mol. The summed E-state index contributed by atoms with van der Waals surface area (Å²) >= 11 is 5.98. The summed E-state index contributed by atoms with van der Waals surface area (Å²) in [5.74, 6) is -2.22. The fourth-order valence-electron chi connectivity index (χ4n) is 4.52. The van der Waals surface area contributed by atoms with Crippen molar-refractivity contribution in [2.45, 2.75) is 12.5 Å². The predicted molar refractivity (Wildman–Crippen MR) is 130 cm³/mol. The van der Waals surface area contributed by atoms with Crippen molar-refractivity contribution in [3.05, 3.63) is 107 Å². The molecule has 2 aliphatic heterocycles. The third kappa shape index (κ3) is 3.19. The first-order chi connectivity index (χ1) is 16.9. The van der Waals surface area contributed by atoms with Gasteiger partial charge in [-0.05, 0) is 48.9 Å². The Bertz CT molecular complexity index is 1390. The maximum Gasteiger partial charge on any atom is 0.347 e. The maximum atomic E-state index is 13.9. The van der Waals surface area contributed by atoms with Gasteiger partial charge in [-0.2, -0.15) is 0 Å². The molecule has 0 saturated carbocycles. The predicted octanol–water partition coefficient (Wildman–Crippen LogP) is 4.72. The quantitative estimate of drug-likeness (QED) is 0.218. The molecule has 7 nitrogen and oxygen atoms in total. The first-order valence-corrected chi connectivity index (χ1v) is 11.3. The van der Waals surface area contributed by atoms with Crippen LogP contribution in [0.5, 0.6) is 0 Å². The molecular weight excluding hydrogens is 468 g/mol. The van der Waals surface area contributed by atoms with Crippen LogP contribution in [-0.4, -0.2) is 40.7 Å². The molecular formula is C27H19ClN2O5. The van der Waals surface area contributed by atoms with Crippen molar-refractivity contribution < 1.29 is 23.9 Å². The largest absolute Gasteiger partial charge is 0.464 e. The number of esters is 1. The fraction of sp³-hybridized carbons (Fsp3) is 0.111. The lowest BCUT2D eigenvalue weighted by molar-refractivity contribution is -0.155. The summed E-state index contributed by atoms with van der Waals surface area (Å²) in [6, 6.07) is 22.2. The summed E-state index contributed by atoms with van der Waals surface area (Å²) < 4.78 is 5.31. The van der Waals surface area contributed by atoms with Crippen LogP contribution in [0.15, 0.2) is 90.6 Å². The van der Waals surface area contributed by atoms with Gasteiger partial charge in [0.05, 0.1) is 12.3 Å². The zero-order chi connectivity index (χ0) is 24.7. The van der Waals surface area contributed by atoms with Gasteiger partial charge in [-0.15, -0.1) is 0 Å². The number of amides is 3. The van der Waals surface area contributed by atoms with Gasteiger partial charge in [0, 0.05) is 16.2 Å². The number of urea groups is 1. The molecule has 0 spiro atoms. The molecule has 2 heterocycles. The summed E-state index contributed by atoms with van der Waals surface area (Å²) in [5.41, 5.74) is -1.02. The van der Waals surface area contributed by atoms with E-state index in [1.165, 1.54) is 12.1 Å². The molecule has 0 aliphatic carbocycles. The van der Waals surface area contributed by atoms with Gasteiger partial charge in [0.2, 0.25) is 5.78 Å². The Morgan fingerprint density at radius 3 is 2.09 bits per heavy atom. The highest BCUT2D eigenvalue weighted by Gasteiger charge is 2.74. The van der Waals surface area contributed by atoms with Crippen molar-refractivity contribution in [3.8, 4) is 0 Å². The number of carbonyl (C=O) groups is 4. The number of halogens is 1. The average Bonchev–Trinajstić information content (AvgIpc) is 3.04. The minimum absolute atomic E-state index is 0.0102. The Morgan fingerprint density at radius 1 is 0.886 bits per heavy atom. The van der Waals surface area contributed by atoms with Crippen LogP contribution < -0.4 is 4.90 Å². The molecule has 3 aromatic rings. The molecule has 1 saturated heterocycles. The van der Waals surface area contributed by atoms with Crippen molar-refractivity contribution in [1.29, 1.82) is 0 Å². The zero-order valence-corrected chi connectivity index (χ0v) is 19.4. The van der Waals surface area contributed by atoms with Crippen LogP contribution in [0.4, 0.5) is 10.5 Å². The van der Waals surface area contributed by atoms with Gasteiger partial charge in [0.25, 0.3) is 11.4 Å². The highest BCUT2D eigenvalue weighted by Crippen LogP contribution is 2.54. The van der Waals surface area contributed by atoms with Crippen LogP contribution in [-0.2, 0) is 14.3 Å².